The molecule has 2 aromatic heterocycles. The molecule has 0 amide bonds. The Hall–Kier alpha value is -1.61. The fraction of sp³-hybridized carbons (Fsp3) is 0.438. The monoisotopic (exact) mass is 257 g/mol. The van der Waals surface area contributed by atoms with E-state index in [1.54, 1.807) is 0 Å². The van der Waals surface area contributed by atoms with Crippen molar-refractivity contribution in [2.24, 2.45) is 5.92 Å². The van der Waals surface area contributed by atoms with E-state index in [0.29, 0.717) is 12.0 Å². The van der Waals surface area contributed by atoms with Gasteiger partial charge in [0.05, 0.1) is 0 Å². The third-order valence-electron chi connectivity index (χ3n) is 3.46. The first-order valence-electron chi connectivity index (χ1n) is 6.93. The van der Waals surface area contributed by atoms with Crippen molar-refractivity contribution in [2.45, 2.75) is 32.9 Å². The van der Waals surface area contributed by atoms with Crippen molar-refractivity contribution in [2.75, 3.05) is 7.05 Å². The van der Waals surface area contributed by atoms with Crippen LogP contribution in [0.3, 0.4) is 0 Å². The molecule has 2 heterocycles. The van der Waals surface area contributed by atoms with Crippen LogP contribution in [0.1, 0.15) is 31.1 Å². The highest BCUT2D eigenvalue weighted by atomic mass is 15.0. The van der Waals surface area contributed by atoms with E-state index in [2.05, 4.69) is 53.2 Å². The van der Waals surface area contributed by atoms with Crippen LogP contribution in [0.4, 0.5) is 0 Å². The maximum atomic E-state index is 4.35. The molecule has 0 fully saturated rings. The normalized spacial score (nSPS) is 12.8. The molecule has 102 valence electrons. The summed E-state index contributed by atoms with van der Waals surface area (Å²) in [4.78, 5) is 4.35. The van der Waals surface area contributed by atoms with Gasteiger partial charge in [-0.25, -0.2) is 0 Å². The lowest BCUT2D eigenvalue weighted by Gasteiger charge is -2.18. The fourth-order valence-electron chi connectivity index (χ4n) is 2.46. The summed E-state index contributed by atoms with van der Waals surface area (Å²) < 4.78 is 2.25. The largest absolute Gasteiger partial charge is 0.354 e. The van der Waals surface area contributed by atoms with Gasteiger partial charge in [-0.2, -0.15) is 0 Å². The van der Waals surface area contributed by atoms with Crippen molar-refractivity contribution in [3.05, 3.63) is 54.1 Å². The summed E-state index contributed by atoms with van der Waals surface area (Å²) in [6.07, 6.45) is 7.22. The SMILES string of the molecule is CNC(c1ccn(CCc2ccccn2)c1)C(C)C. The van der Waals surface area contributed by atoms with Crippen LogP contribution in [0.25, 0.3) is 0 Å². The average Bonchev–Trinajstić information content (AvgIpc) is 2.87. The van der Waals surface area contributed by atoms with Crippen LogP contribution >= 0.6 is 0 Å². The van der Waals surface area contributed by atoms with Crippen LogP contribution in [0, 0.1) is 5.92 Å². The number of pyridine rings is 1. The number of hydrogen-bond acceptors (Lipinski definition) is 2. The number of aromatic nitrogens is 2. The molecule has 19 heavy (non-hydrogen) atoms. The van der Waals surface area contributed by atoms with Crippen molar-refractivity contribution >= 4 is 0 Å². The van der Waals surface area contributed by atoms with Crippen LogP contribution in [0.2, 0.25) is 0 Å². The number of rotatable bonds is 6. The Balaban J connectivity index is 1.97. The van der Waals surface area contributed by atoms with Gasteiger partial charge in [0.25, 0.3) is 0 Å². The van der Waals surface area contributed by atoms with E-state index in [9.17, 15) is 0 Å². The zero-order valence-corrected chi connectivity index (χ0v) is 12.0. The predicted octanol–water partition coefficient (Wildman–Crippen LogP) is 3.04. The first kappa shape index (κ1) is 13.8. The van der Waals surface area contributed by atoms with E-state index in [1.165, 1.54) is 5.56 Å². The second-order valence-corrected chi connectivity index (χ2v) is 5.26. The lowest BCUT2D eigenvalue weighted by Crippen LogP contribution is -2.21. The van der Waals surface area contributed by atoms with E-state index in [0.717, 1.165) is 18.7 Å². The van der Waals surface area contributed by atoms with Gasteiger partial charge in [0, 0.05) is 43.3 Å². The first-order valence-corrected chi connectivity index (χ1v) is 6.93. The zero-order valence-electron chi connectivity index (χ0n) is 12.0. The summed E-state index contributed by atoms with van der Waals surface area (Å²) in [5.41, 5.74) is 2.50. The standard InChI is InChI=1S/C16H23N3/c1-13(2)16(17-3)14-7-10-19(12-14)11-8-15-6-4-5-9-18-15/h4-7,9-10,12-13,16-17H,8,11H2,1-3H3. The second-order valence-electron chi connectivity index (χ2n) is 5.26. The van der Waals surface area contributed by atoms with Crippen molar-refractivity contribution in [3.8, 4) is 0 Å². The Bertz CT molecular complexity index is 488. The zero-order chi connectivity index (χ0) is 13.7. The van der Waals surface area contributed by atoms with Gasteiger partial charge in [-0.3, -0.25) is 4.98 Å². The van der Waals surface area contributed by atoms with Gasteiger partial charge in [0.2, 0.25) is 0 Å². The Morgan fingerprint density at radius 3 is 2.74 bits per heavy atom. The highest BCUT2D eigenvalue weighted by molar-refractivity contribution is 5.16. The number of hydrogen-bond donors (Lipinski definition) is 1. The highest BCUT2D eigenvalue weighted by Crippen LogP contribution is 2.21. The van der Waals surface area contributed by atoms with Gasteiger partial charge in [-0.1, -0.05) is 19.9 Å². The maximum Gasteiger partial charge on any atom is 0.0421 e. The molecule has 2 aromatic rings. The fourth-order valence-corrected chi connectivity index (χ4v) is 2.46. The molecule has 0 aliphatic heterocycles. The van der Waals surface area contributed by atoms with E-state index in [4.69, 9.17) is 0 Å². The topological polar surface area (TPSA) is 29.9 Å². The van der Waals surface area contributed by atoms with Gasteiger partial charge in [-0.05, 0) is 36.7 Å². The summed E-state index contributed by atoms with van der Waals surface area (Å²) in [5, 5.41) is 3.38. The van der Waals surface area contributed by atoms with Crippen LogP contribution in [-0.2, 0) is 13.0 Å². The van der Waals surface area contributed by atoms with Crippen LogP contribution < -0.4 is 5.32 Å². The minimum absolute atomic E-state index is 0.427. The van der Waals surface area contributed by atoms with Gasteiger partial charge >= 0.3 is 0 Å². The van der Waals surface area contributed by atoms with Crippen LogP contribution in [0.5, 0.6) is 0 Å². The number of aryl methyl sites for hydroxylation is 2. The third kappa shape index (κ3) is 3.67. The Morgan fingerprint density at radius 1 is 1.26 bits per heavy atom. The summed E-state index contributed by atoms with van der Waals surface area (Å²) in [6.45, 7) is 5.46. The molecule has 0 radical (unpaired) electrons. The molecule has 0 aromatic carbocycles. The average molecular weight is 257 g/mol. The second kappa shape index (κ2) is 6.53. The molecule has 3 nitrogen and oxygen atoms in total. The van der Waals surface area contributed by atoms with E-state index >= 15 is 0 Å². The molecule has 0 saturated carbocycles. The Morgan fingerprint density at radius 2 is 2.11 bits per heavy atom. The summed E-state index contributed by atoms with van der Waals surface area (Å²) in [7, 11) is 2.02. The van der Waals surface area contributed by atoms with Gasteiger partial charge < -0.3 is 9.88 Å². The molecule has 0 bridgehead atoms. The predicted molar refractivity (Wildman–Crippen MR) is 79.0 cm³/mol. The Kier molecular flexibility index (Phi) is 4.74. The molecule has 0 aliphatic carbocycles. The molecule has 0 saturated heterocycles. The molecular weight excluding hydrogens is 234 g/mol. The first-order chi connectivity index (χ1) is 9.20. The molecule has 1 atom stereocenters. The van der Waals surface area contributed by atoms with E-state index in [1.807, 2.05) is 25.4 Å². The highest BCUT2D eigenvalue weighted by Gasteiger charge is 2.14. The van der Waals surface area contributed by atoms with Crippen molar-refractivity contribution in [1.29, 1.82) is 0 Å². The van der Waals surface area contributed by atoms with E-state index < -0.39 is 0 Å². The lowest BCUT2D eigenvalue weighted by atomic mass is 9.99. The van der Waals surface area contributed by atoms with Gasteiger partial charge in [0.15, 0.2) is 0 Å². The van der Waals surface area contributed by atoms with Gasteiger partial charge in [-0.15, -0.1) is 0 Å². The maximum absolute atomic E-state index is 4.35. The third-order valence-corrected chi connectivity index (χ3v) is 3.46. The van der Waals surface area contributed by atoms with Crippen LogP contribution in [-0.4, -0.2) is 16.6 Å². The summed E-state index contributed by atoms with van der Waals surface area (Å²) >= 11 is 0. The van der Waals surface area contributed by atoms with Crippen LogP contribution in [0.15, 0.2) is 42.9 Å². The van der Waals surface area contributed by atoms with Crippen molar-refractivity contribution < 1.29 is 0 Å². The summed E-state index contributed by atoms with van der Waals surface area (Å²) in [6, 6.07) is 8.71. The van der Waals surface area contributed by atoms with Gasteiger partial charge in [0.1, 0.15) is 0 Å². The molecule has 1 N–H and O–H groups in total. The Labute approximate surface area is 115 Å². The smallest absolute Gasteiger partial charge is 0.0421 e. The molecule has 2 rings (SSSR count). The van der Waals surface area contributed by atoms with E-state index in [-0.39, 0.29) is 0 Å². The molecule has 0 spiro atoms. The minimum Gasteiger partial charge on any atom is -0.354 e. The molecule has 1 unspecified atom stereocenters. The molecular formula is C16H23N3. The van der Waals surface area contributed by atoms with Crippen molar-refractivity contribution in [3.63, 3.8) is 0 Å². The lowest BCUT2D eigenvalue weighted by molar-refractivity contribution is 0.442. The molecule has 0 aliphatic rings. The summed E-state index contributed by atoms with van der Waals surface area (Å²) in [5.74, 6) is 0.594. The molecule has 3 heteroatoms. The number of nitrogens with zero attached hydrogens (tertiary/aromatic N) is 2. The van der Waals surface area contributed by atoms with Crippen molar-refractivity contribution in [1.82, 2.24) is 14.9 Å². The number of nitrogens with one attached hydrogen (secondary N) is 1. The minimum atomic E-state index is 0.427. The quantitative estimate of drug-likeness (QED) is 0.862.